The fourth-order valence-electron chi connectivity index (χ4n) is 2.84. The standard InChI is InChI=1S/C21H24N2O4/c24-20(22-12-14-27-17-5-2-1-3-6-17)7-4-13-26-18-9-10-19-16(15-18)8-11-21(25)23-19/h1-3,5-6,9-10,15H,4,7-8,11-14H2,(H,22,24)(H,23,25). The predicted molar refractivity (Wildman–Crippen MR) is 103 cm³/mol. The highest BCUT2D eigenvalue weighted by atomic mass is 16.5. The average Bonchev–Trinajstić information content (AvgIpc) is 2.69. The first-order valence-corrected chi connectivity index (χ1v) is 9.21. The molecule has 1 aliphatic heterocycles. The van der Waals surface area contributed by atoms with Crippen LogP contribution in [0.25, 0.3) is 0 Å². The van der Waals surface area contributed by atoms with Crippen LogP contribution < -0.4 is 20.1 Å². The molecular formula is C21H24N2O4. The molecule has 2 N–H and O–H groups in total. The zero-order valence-electron chi connectivity index (χ0n) is 15.2. The first kappa shape index (κ1) is 18.8. The van der Waals surface area contributed by atoms with Crippen LogP contribution in [0.15, 0.2) is 48.5 Å². The number of hydrogen-bond acceptors (Lipinski definition) is 4. The molecule has 6 heteroatoms. The third-order valence-corrected chi connectivity index (χ3v) is 4.23. The van der Waals surface area contributed by atoms with E-state index in [0.29, 0.717) is 39.0 Å². The van der Waals surface area contributed by atoms with Crippen molar-refractivity contribution < 1.29 is 19.1 Å². The molecule has 1 heterocycles. The lowest BCUT2D eigenvalue weighted by Gasteiger charge is -2.17. The molecule has 0 radical (unpaired) electrons. The normalized spacial score (nSPS) is 12.7. The van der Waals surface area contributed by atoms with Gasteiger partial charge in [-0.2, -0.15) is 0 Å². The molecule has 0 unspecified atom stereocenters. The Morgan fingerprint density at radius 2 is 1.81 bits per heavy atom. The van der Waals surface area contributed by atoms with Gasteiger partial charge >= 0.3 is 0 Å². The maximum atomic E-state index is 11.8. The first-order chi connectivity index (χ1) is 13.2. The minimum atomic E-state index is -0.0107. The molecular weight excluding hydrogens is 344 g/mol. The lowest BCUT2D eigenvalue weighted by Crippen LogP contribution is -2.28. The lowest BCUT2D eigenvalue weighted by molar-refractivity contribution is -0.121. The monoisotopic (exact) mass is 368 g/mol. The molecule has 0 aliphatic carbocycles. The fourth-order valence-corrected chi connectivity index (χ4v) is 2.84. The van der Waals surface area contributed by atoms with E-state index in [2.05, 4.69) is 10.6 Å². The number of carbonyl (C=O) groups is 2. The van der Waals surface area contributed by atoms with Crippen molar-refractivity contribution in [2.24, 2.45) is 0 Å². The third kappa shape index (κ3) is 6.02. The van der Waals surface area contributed by atoms with Gasteiger partial charge in [0, 0.05) is 18.5 Å². The Morgan fingerprint density at radius 3 is 2.67 bits per heavy atom. The molecule has 0 spiro atoms. The van der Waals surface area contributed by atoms with E-state index >= 15 is 0 Å². The van der Waals surface area contributed by atoms with Gasteiger partial charge in [-0.3, -0.25) is 9.59 Å². The van der Waals surface area contributed by atoms with Crippen LogP contribution in [0.4, 0.5) is 5.69 Å². The molecule has 142 valence electrons. The summed E-state index contributed by atoms with van der Waals surface area (Å²) in [7, 11) is 0. The van der Waals surface area contributed by atoms with Gasteiger partial charge in [-0.25, -0.2) is 0 Å². The van der Waals surface area contributed by atoms with Gasteiger partial charge in [-0.15, -0.1) is 0 Å². The summed E-state index contributed by atoms with van der Waals surface area (Å²) in [5.74, 6) is 1.60. The summed E-state index contributed by atoms with van der Waals surface area (Å²) in [6.07, 6.45) is 2.28. The Hall–Kier alpha value is -3.02. The Kier molecular flexibility index (Phi) is 6.68. The topological polar surface area (TPSA) is 76.7 Å². The Morgan fingerprint density at radius 1 is 1.00 bits per heavy atom. The van der Waals surface area contributed by atoms with Gasteiger partial charge in [0.05, 0.1) is 13.2 Å². The van der Waals surface area contributed by atoms with E-state index < -0.39 is 0 Å². The second-order valence-electron chi connectivity index (χ2n) is 6.33. The third-order valence-electron chi connectivity index (χ3n) is 4.23. The van der Waals surface area contributed by atoms with Crippen molar-refractivity contribution in [3.05, 3.63) is 54.1 Å². The molecule has 0 saturated carbocycles. The van der Waals surface area contributed by atoms with Crippen molar-refractivity contribution in [2.45, 2.75) is 25.7 Å². The number of anilines is 1. The van der Waals surface area contributed by atoms with Crippen LogP contribution in [0.2, 0.25) is 0 Å². The number of fused-ring (bicyclic) bond motifs is 1. The Bertz CT molecular complexity index is 777. The highest BCUT2D eigenvalue weighted by Gasteiger charge is 2.15. The van der Waals surface area contributed by atoms with Gasteiger partial charge in [-0.05, 0) is 48.7 Å². The van der Waals surface area contributed by atoms with E-state index in [0.717, 1.165) is 29.2 Å². The largest absolute Gasteiger partial charge is 0.494 e. The van der Waals surface area contributed by atoms with Crippen LogP contribution in [0.3, 0.4) is 0 Å². The van der Waals surface area contributed by atoms with Crippen molar-refractivity contribution in [1.29, 1.82) is 0 Å². The number of nitrogens with one attached hydrogen (secondary N) is 2. The molecule has 1 aliphatic rings. The molecule has 6 nitrogen and oxygen atoms in total. The summed E-state index contributed by atoms with van der Waals surface area (Å²) >= 11 is 0. The number of ether oxygens (including phenoxy) is 2. The van der Waals surface area contributed by atoms with Crippen molar-refractivity contribution in [3.8, 4) is 11.5 Å². The quantitative estimate of drug-likeness (QED) is 0.667. The molecule has 2 amide bonds. The summed E-state index contributed by atoms with van der Waals surface area (Å²) in [6, 6.07) is 15.2. The molecule has 2 aromatic carbocycles. The molecule has 0 bridgehead atoms. The molecule has 2 aromatic rings. The van der Waals surface area contributed by atoms with Gasteiger partial charge in [0.15, 0.2) is 0 Å². The van der Waals surface area contributed by atoms with Gasteiger partial charge < -0.3 is 20.1 Å². The van der Waals surface area contributed by atoms with E-state index in [-0.39, 0.29) is 11.8 Å². The van der Waals surface area contributed by atoms with Crippen molar-refractivity contribution in [2.75, 3.05) is 25.1 Å². The molecule has 0 saturated heterocycles. The van der Waals surface area contributed by atoms with E-state index in [1.165, 1.54) is 0 Å². The molecule has 0 atom stereocenters. The van der Waals surface area contributed by atoms with Crippen molar-refractivity contribution >= 4 is 17.5 Å². The summed E-state index contributed by atoms with van der Waals surface area (Å²) < 4.78 is 11.2. The molecule has 0 aromatic heterocycles. The minimum Gasteiger partial charge on any atom is -0.494 e. The number of carbonyl (C=O) groups excluding carboxylic acids is 2. The van der Waals surface area contributed by atoms with Crippen LogP contribution in [0.1, 0.15) is 24.8 Å². The Labute approximate surface area is 158 Å². The zero-order valence-corrected chi connectivity index (χ0v) is 15.2. The summed E-state index contributed by atoms with van der Waals surface area (Å²) in [4.78, 5) is 23.2. The van der Waals surface area contributed by atoms with Crippen LogP contribution in [-0.4, -0.2) is 31.6 Å². The molecule has 27 heavy (non-hydrogen) atoms. The van der Waals surface area contributed by atoms with Crippen molar-refractivity contribution in [1.82, 2.24) is 5.32 Å². The van der Waals surface area contributed by atoms with E-state index in [1.807, 2.05) is 48.5 Å². The summed E-state index contributed by atoms with van der Waals surface area (Å²) in [5.41, 5.74) is 1.94. The van der Waals surface area contributed by atoms with Crippen LogP contribution in [-0.2, 0) is 16.0 Å². The van der Waals surface area contributed by atoms with Gasteiger partial charge in [0.2, 0.25) is 11.8 Å². The number of rotatable bonds is 9. The lowest BCUT2D eigenvalue weighted by atomic mass is 10.0. The van der Waals surface area contributed by atoms with Crippen LogP contribution in [0.5, 0.6) is 11.5 Å². The highest BCUT2D eigenvalue weighted by molar-refractivity contribution is 5.94. The number of aryl methyl sites for hydroxylation is 1. The predicted octanol–water partition coefficient (Wildman–Crippen LogP) is 2.93. The van der Waals surface area contributed by atoms with E-state index in [4.69, 9.17) is 9.47 Å². The smallest absolute Gasteiger partial charge is 0.224 e. The summed E-state index contributed by atoms with van der Waals surface area (Å²) in [5, 5.41) is 5.68. The van der Waals surface area contributed by atoms with Crippen LogP contribution >= 0.6 is 0 Å². The minimum absolute atomic E-state index is 0.0107. The van der Waals surface area contributed by atoms with Gasteiger partial charge in [0.1, 0.15) is 18.1 Å². The molecule has 0 fully saturated rings. The van der Waals surface area contributed by atoms with Gasteiger partial charge in [0.25, 0.3) is 0 Å². The van der Waals surface area contributed by atoms with Gasteiger partial charge in [-0.1, -0.05) is 18.2 Å². The average molecular weight is 368 g/mol. The SMILES string of the molecule is O=C(CCCOc1ccc2c(c1)CCC(=O)N2)NCCOc1ccccc1. The highest BCUT2D eigenvalue weighted by Crippen LogP contribution is 2.26. The number of hydrogen-bond donors (Lipinski definition) is 2. The maximum absolute atomic E-state index is 11.8. The number of para-hydroxylation sites is 1. The second-order valence-corrected chi connectivity index (χ2v) is 6.33. The second kappa shape index (κ2) is 9.62. The maximum Gasteiger partial charge on any atom is 0.224 e. The Balaban J connectivity index is 1.28. The van der Waals surface area contributed by atoms with E-state index in [1.54, 1.807) is 0 Å². The van der Waals surface area contributed by atoms with Crippen LogP contribution in [0, 0.1) is 0 Å². The molecule has 3 rings (SSSR count). The number of amides is 2. The fraction of sp³-hybridized carbons (Fsp3) is 0.333. The van der Waals surface area contributed by atoms with Crippen molar-refractivity contribution in [3.63, 3.8) is 0 Å². The summed E-state index contributed by atoms with van der Waals surface area (Å²) in [6.45, 7) is 1.39. The number of benzene rings is 2. The first-order valence-electron chi connectivity index (χ1n) is 9.21. The zero-order chi connectivity index (χ0) is 18.9. The van der Waals surface area contributed by atoms with E-state index in [9.17, 15) is 9.59 Å².